The average Bonchev–Trinajstić information content (AvgIpc) is 3.50. The number of rotatable bonds is 5. The molecule has 13 heteroatoms. The molecule has 0 saturated carbocycles. The van der Waals surface area contributed by atoms with Crippen LogP contribution < -0.4 is 5.32 Å². The van der Waals surface area contributed by atoms with E-state index >= 15 is 0 Å². The molecule has 2 amide bonds. The number of pyridine rings is 2. The number of nitrogens with one attached hydrogen (secondary N) is 2. The summed E-state index contributed by atoms with van der Waals surface area (Å²) < 4.78 is 43.5. The van der Waals surface area contributed by atoms with Gasteiger partial charge in [-0.3, -0.25) is 19.7 Å². The van der Waals surface area contributed by atoms with Gasteiger partial charge in [0.15, 0.2) is 11.3 Å². The number of H-pyrrole nitrogens is 1. The van der Waals surface area contributed by atoms with Crippen molar-refractivity contribution in [2.45, 2.75) is 25.6 Å². The first-order chi connectivity index (χ1) is 17.2. The van der Waals surface area contributed by atoms with E-state index in [9.17, 15) is 22.8 Å². The second-order valence-electron chi connectivity index (χ2n) is 8.19. The molecule has 0 radical (unpaired) electrons. The SMILES string of the molecule is O=C(NCCc1ncc(C(F)(F)F)cc1Cl)c1n[nH]c2c1CCN(C(=O)c1cc3ccoc3cn1)C2. The van der Waals surface area contributed by atoms with E-state index in [2.05, 4.69) is 25.5 Å². The Morgan fingerprint density at radius 2 is 2.06 bits per heavy atom. The molecule has 9 nitrogen and oxygen atoms in total. The standard InChI is InChI=1S/C23H18ClF3N6O3/c24-15-8-13(23(25,26)27)9-29-16(15)1-4-28-21(34)20-14-2-5-33(11-18(14)31-32-20)22(35)17-7-12-3-6-36-19(12)10-30-17/h3,6-10H,1-2,4-5,11H2,(H,28,34)(H,31,32). The molecule has 0 bridgehead atoms. The number of amides is 2. The lowest BCUT2D eigenvalue weighted by atomic mass is 10.0. The minimum absolute atomic E-state index is 0.103. The molecule has 4 aromatic heterocycles. The Hall–Kier alpha value is -3.93. The van der Waals surface area contributed by atoms with Crippen molar-refractivity contribution in [3.05, 3.63) is 75.8 Å². The fraction of sp³-hybridized carbons (Fsp3) is 0.261. The fourth-order valence-electron chi connectivity index (χ4n) is 4.01. The third kappa shape index (κ3) is 4.63. The maximum atomic E-state index is 12.9. The molecule has 36 heavy (non-hydrogen) atoms. The monoisotopic (exact) mass is 518 g/mol. The molecule has 1 aliphatic heterocycles. The van der Waals surface area contributed by atoms with Crippen molar-refractivity contribution in [3.8, 4) is 0 Å². The molecule has 1 aliphatic rings. The van der Waals surface area contributed by atoms with Crippen molar-refractivity contribution >= 4 is 34.4 Å². The van der Waals surface area contributed by atoms with Crippen LogP contribution in [0.4, 0.5) is 13.2 Å². The van der Waals surface area contributed by atoms with Gasteiger partial charge in [-0.25, -0.2) is 4.98 Å². The highest BCUT2D eigenvalue weighted by atomic mass is 35.5. The number of carbonyl (C=O) groups excluding carboxylic acids is 2. The number of furan rings is 1. The first-order valence-electron chi connectivity index (χ1n) is 10.9. The number of carbonyl (C=O) groups is 2. The topological polar surface area (TPSA) is 117 Å². The van der Waals surface area contributed by atoms with Gasteiger partial charge in [-0.2, -0.15) is 18.3 Å². The van der Waals surface area contributed by atoms with Crippen LogP contribution >= 0.6 is 11.6 Å². The van der Waals surface area contributed by atoms with Gasteiger partial charge in [-0.1, -0.05) is 11.6 Å². The lowest BCUT2D eigenvalue weighted by Crippen LogP contribution is -2.37. The fourth-order valence-corrected chi connectivity index (χ4v) is 4.27. The Morgan fingerprint density at radius 3 is 2.83 bits per heavy atom. The van der Waals surface area contributed by atoms with Crippen LogP contribution in [0.2, 0.25) is 5.02 Å². The van der Waals surface area contributed by atoms with E-state index in [-0.39, 0.29) is 41.8 Å². The molecule has 2 N–H and O–H groups in total. The summed E-state index contributed by atoms with van der Waals surface area (Å²) in [5, 5.41) is 10.3. The predicted octanol–water partition coefficient (Wildman–Crippen LogP) is 3.79. The molecular weight excluding hydrogens is 501 g/mol. The van der Waals surface area contributed by atoms with E-state index < -0.39 is 17.6 Å². The highest BCUT2D eigenvalue weighted by molar-refractivity contribution is 6.31. The van der Waals surface area contributed by atoms with Gasteiger partial charge in [0, 0.05) is 36.7 Å². The summed E-state index contributed by atoms with van der Waals surface area (Å²) in [6, 6.07) is 4.23. The van der Waals surface area contributed by atoms with Gasteiger partial charge in [0.1, 0.15) is 5.69 Å². The number of alkyl halides is 3. The summed E-state index contributed by atoms with van der Waals surface area (Å²) in [5.41, 5.74) is 1.76. The number of nitrogens with zero attached hydrogens (tertiary/aromatic N) is 4. The molecule has 5 heterocycles. The molecule has 0 fully saturated rings. The second kappa shape index (κ2) is 9.26. The van der Waals surface area contributed by atoms with Crippen molar-refractivity contribution in [3.63, 3.8) is 0 Å². The Morgan fingerprint density at radius 1 is 1.22 bits per heavy atom. The molecule has 0 spiro atoms. The summed E-state index contributed by atoms with van der Waals surface area (Å²) in [5.74, 6) is -0.687. The first kappa shape index (κ1) is 23.8. The van der Waals surface area contributed by atoms with Crippen molar-refractivity contribution in [2.24, 2.45) is 0 Å². The van der Waals surface area contributed by atoms with E-state index in [1.165, 1.54) is 12.5 Å². The van der Waals surface area contributed by atoms with E-state index in [4.69, 9.17) is 16.0 Å². The Balaban J connectivity index is 1.20. The lowest BCUT2D eigenvalue weighted by Gasteiger charge is -2.26. The number of halogens is 4. The summed E-state index contributed by atoms with van der Waals surface area (Å²) in [6.07, 6.45) is -0.231. The predicted molar refractivity (Wildman–Crippen MR) is 121 cm³/mol. The molecule has 0 saturated heterocycles. The van der Waals surface area contributed by atoms with Crippen LogP contribution in [-0.4, -0.2) is 50.0 Å². The van der Waals surface area contributed by atoms with E-state index in [0.29, 0.717) is 41.7 Å². The number of hydrogen-bond acceptors (Lipinski definition) is 6. The van der Waals surface area contributed by atoms with Crippen LogP contribution in [0.5, 0.6) is 0 Å². The van der Waals surface area contributed by atoms with Crippen LogP contribution in [-0.2, 0) is 25.6 Å². The van der Waals surface area contributed by atoms with E-state index in [1.807, 2.05) is 0 Å². The van der Waals surface area contributed by atoms with Crippen molar-refractivity contribution in [1.29, 1.82) is 0 Å². The summed E-state index contributed by atoms with van der Waals surface area (Å²) in [6.45, 7) is 0.720. The number of aromatic amines is 1. The summed E-state index contributed by atoms with van der Waals surface area (Å²) in [4.78, 5) is 35.2. The van der Waals surface area contributed by atoms with Gasteiger partial charge >= 0.3 is 6.18 Å². The first-order valence-corrected chi connectivity index (χ1v) is 11.3. The highest BCUT2D eigenvalue weighted by Gasteiger charge is 2.32. The number of aromatic nitrogens is 4. The largest absolute Gasteiger partial charge is 0.463 e. The quantitative estimate of drug-likeness (QED) is 0.415. The zero-order valence-electron chi connectivity index (χ0n) is 18.5. The van der Waals surface area contributed by atoms with Gasteiger partial charge in [0.25, 0.3) is 11.8 Å². The van der Waals surface area contributed by atoms with Gasteiger partial charge in [0.2, 0.25) is 0 Å². The average molecular weight is 519 g/mol. The molecule has 0 atom stereocenters. The molecule has 4 aromatic rings. The van der Waals surface area contributed by atoms with Gasteiger partial charge in [-0.05, 0) is 24.6 Å². The Bertz CT molecular complexity index is 1470. The molecule has 0 unspecified atom stereocenters. The second-order valence-corrected chi connectivity index (χ2v) is 8.60. The van der Waals surface area contributed by atoms with Crippen molar-refractivity contribution in [1.82, 2.24) is 30.4 Å². The minimum Gasteiger partial charge on any atom is -0.463 e. The third-order valence-corrected chi connectivity index (χ3v) is 6.21. The molecule has 0 aromatic carbocycles. The number of hydrogen-bond donors (Lipinski definition) is 2. The third-order valence-electron chi connectivity index (χ3n) is 5.89. The van der Waals surface area contributed by atoms with Crippen LogP contribution in [0.15, 0.2) is 41.3 Å². The zero-order chi connectivity index (χ0) is 25.4. The Kier molecular flexibility index (Phi) is 6.12. The molecule has 5 rings (SSSR count). The van der Waals surface area contributed by atoms with Crippen LogP contribution in [0.3, 0.4) is 0 Å². The Labute approximate surface area is 206 Å². The van der Waals surface area contributed by atoms with Gasteiger partial charge in [-0.15, -0.1) is 0 Å². The molecule has 186 valence electrons. The molecule has 0 aliphatic carbocycles. The zero-order valence-corrected chi connectivity index (χ0v) is 19.3. The van der Waals surface area contributed by atoms with Crippen molar-refractivity contribution < 1.29 is 27.2 Å². The van der Waals surface area contributed by atoms with Gasteiger partial charge in [0.05, 0.1) is 41.0 Å². The lowest BCUT2D eigenvalue weighted by molar-refractivity contribution is -0.137. The summed E-state index contributed by atoms with van der Waals surface area (Å²) in [7, 11) is 0. The minimum atomic E-state index is -4.54. The number of fused-ring (bicyclic) bond motifs is 2. The van der Waals surface area contributed by atoms with Gasteiger partial charge < -0.3 is 14.6 Å². The smallest absolute Gasteiger partial charge is 0.417 e. The van der Waals surface area contributed by atoms with E-state index in [1.54, 1.807) is 17.0 Å². The van der Waals surface area contributed by atoms with Crippen LogP contribution in [0.1, 0.15) is 43.5 Å². The highest BCUT2D eigenvalue weighted by Crippen LogP contribution is 2.31. The van der Waals surface area contributed by atoms with E-state index in [0.717, 1.165) is 11.5 Å². The van der Waals surface area contributed by atoms with Crippen LogP contribution in [0, 0.1) is 0 Å². The summed E-state index contributed by atoms with van der Waals surface area (Å²) >= 11 is 5.92. The molecular formula is C23H18ClF3N6O3. The maximum Gasteiger partial charge on any atom is 0.417 e. The van der Waals surface area contributed by atoms with Crippen molar-refractivity contribution in [2.75, 3.05) is 13.1 Å². The maximum absolute atomic E-state index is 12.9. The van der Waals surface area contributed by atoms with Crippen LogP contribution in [0.25, 0.3) is 11.0 Å². The normalized spacial score (nSPS) is 13.6.